The van der Waals surface area contributed by atoms with E-state index in [2.05, 4.69) is 40.3 Å². The molecule has 0 aliphatic carbocycles. The van der Waals surface area contributed by atoms with E-state index >= 15 is 0 Å². The van der Waals surface area contributed by atoms with Gasteiger partial charge < -0.3 is 10.1 Å². The molecule has 0 fully saturated rings. The van der Waals surface area contributed by atoms with E-state index in [4.69, 9.17) is 4.74 Å². The number of aryl methyl sites for hydroxylation is 1. The van der Waals surface area contributed by atoms with Gasteiger partial charge in [0.2, 0.25) is 0 Å². The molecular formula is C11H16BrNO. The van der Waals surface area contributed by atoms with Crippen molar-refractivity contribution in [3.05, 3.63) is 27.7 Å². The highest BCUT2D eigenvalue weighted by Crippen LogP contribution is 2.28. The van der Waals surface area contributed by atoms with Crippen LogP contribution in [0.4, 0.5) is 0 Å². The van der Waals surface area contributed by atoms with Crippen LogP contribution in [0, 0.1) is 6.92 Å². The predicted octanol–water partition coefficient (Wildman–Crippen LogP) is 2.53. The first-order chi connectivity index (χ1) is 6.69. The van der Waals surface area contributed by atoms with Gasteiger partial charge in [-0.05, 0) is 66.1 Å². The van der Waals surface area contributed by atoms with Gasteiger partial charge in [-0.2, -0.15) is 0 Å². The first kappa shape index (κ1) is 11.5. The number of rotatable bonds is 4. The fourth-order valence-electron chi connectivity index (χ4n) is 1.38. The van der Waals surface area contributed by atoms with Crippen LogP contribution in [0.1, 0.15) is 11.1 Å². The summed E-state index contributed by atoms with van der Waals surface area (Å²) in [7, 11) is 3.66. The SMILES string of the molecule is CNCCc1cc(OC)c(Br)cc1C. The van der Waals surface area contributed by atoms with Crippen molar-refractivity contribution in [1.82, 2.24) is 5.32 Å². The molecule has 1 rings (SSSR count). The van der Waals surface area contributed by atoms with Crippen LogP contribution in [0.5, 0.6) is 5.75 Å². The minimum Gasteiger partial charge on any atom is -0.496 e. The average Bonchev–Trinajstić information content (AvgIpc) is 2.17. The van der Waals surface area contributed by atoms with Gasteiger partial charge in [-0.15, -0.1) is 0 Å². The van der Waals surface area contributed by atoms with Crippen LogP contribution in [0.15, 0.2) is 16.6 Å². The maximum atomic E-state index is 5.25. The van der Waals surface area contributed by atoms with Crippen molar-refractivity contribution in [2.24, 2.45) is 0 Å². The molecule has 14 heavy (non-hydrogen) atoms. The summed E-state index contributed by atoms with van der Waals surface area (Å²) in [6.45, 7) is 3.11. The Kier molecular flexibility index (Phi) is 4.42. The molecule has 0 spiro atoms. The molecular weight excluding hydrogens is 242 g/mol. The Labute approximate surface area is 93.8 Å². The van der Waals surface area contributed by atoms with Gasteiger partial charge in [0.15, 0.2) is 0 Å². The van der Waals surface area contributed by atoms with Gasteiger partial charge in [0.05, 0.1) is 11.6 Å². The van der Waals surface area contributed by atoms with Gasteiger partial charge in [0.1, 0.15) is 5.75 Å². The number of methoxy groups -OCH3 is 1. The largest absolute Gasteiger partial charge is 0.496 e. The summed E-state index contributed by atoms with van der Waals surface area (Å²) < 4.78 is 6.27. The lowest BCUT2D eigenvalue weighted by atomic mass is 10.1. The Morgan fingerprint density at radius 3 is 2.71 bits per heavy atom. The fraction of sp³-hybridized carbons (Fsp3) is 0.455. The molecule has 2 nitrogen and oxygen atoms in total. The summed E-state index contributed by atoms with van der Waals surface area (Å²) in [4.78, 5) is 0. The van der Waals surface area contributed by atoms with E-state index in [9.17, 15) is 0 Å². The molecule has 1 N–H and O–H groups in total. The third-order valence-electron chi connectivity index (χ3n) is 2.25. The summed E-state index contributed by atoms with van der Waals surface area (Å²) in [6.07, 6.45) is 1.03. The highest BCUT2D eigenvalue weighted by molar-refractivity contribution is 9.10. The quantitative estimate of drug-likeness (QED) is 0.896. The van der Waals surface area contributed by atoms with Gasteiger partial charge in [-0.3, -0.25) is 0 Å². The second-order valence-corrected chi connectivity index (χ2v) is 4.12. The maximum absolute atomic E-state index is 5.25. The zero-order chi connectivity index (χ0) is 10.6. The van der Waals surface area contributed by atoms with E-state index < -0.39 is 0 Å². The second kappa shape index (κ2) is 5.37. The zero-order valence-electron chi connectivity index (χ0n) is 8.86. The molecule has 0 saturated heterocycles. The minimum absolute atomic E-state index is 0.904. The van der Waals surface area contributed by atoms with E-state index in [1.54, 1.807) is 7.11 Å². The van der Waals surface area contributed by atoms with Crippen molar-refractivity contribution in [3.8, 4) is 5.75 Å². The topological polar surface area (TPSA) is 21.3 Å². The molecule has 0 heterocycles. The number of hydrogen-bond acceptors (Lipinski definition) is 2. The van der Waals surface area contributed by atoms with Gasteiger partial charge in [0.25, 0.3) is 0 Å². The average molecular weight is 258 g/mol. The van der Waals surface area contributed by atoms with Crippen LogP contribution in [0.3, 0.4) is 0 Å². The van der Waals surface area contributed by atoms with Gasteiger partial charge in [-0.25, -0.2) is 0 Å². The smallest absolute Gasteiger partial charge is 0.133 e. The predicted molar refractivity (Wildman–Crippen MR) is 63.1 cm³/mol. The number of benzene rings is 1. The number of likely N-dealkylation sites (N-methyl/N-ethyl adjacent to an activating group) is 1. The summed E-state index contributed by atoms with van der Waals surface area (Å²) in [5.41, 5.74) is 2.63. The third kappa shape index (κ3) is 2.72. The first-order valence-corrected chi connectivity index (χ1v) is 5.46. The molecule has 0 amide bonds. The van der Waals surface area contributed by atoms with Crippen molar-refractivity contribution >= 4 is 15.9 Å². The molecule has 1 aromatic rings. The summed E-state index contributed by atoms with van der Waals surface area (Å²) in [5, 5.41) is 3.14. The lowest BCUT2D eigenvalue weighted by Crippen LogP contribution is -2.11. The van der Waals surface area contributed by atoms with Crippen LogP contribution in [-0.4, -0.2) is 20.7 Å². The molecule has 0 aliphatic rings. The Morgan fingerprint density at radius 1 is 1.43 bits per heavy atom. The minimum atomic E-state index is 0.904. The standard InChI is InChI=1S/C11H16BrNO/c1-8-6-10(12)11(14-3)7-9(8)4-5-13-2/h6-7,13H,4-5H2,1-3H3. The van der Waals surface area contributed by atoms with Crippen molar-refractivity contribution < 1.29 is 4.74 Å². The highest BCUT2D eigenvalue weighted by Gasteiger charge is 2.05. The Morgan fingerprint density at radius 2 is 2.14 bits per heavy atom. The van der Waals surface area contributed by atoms with Crippen LogP contribution in [0.2, 0.25) is 0 Å². The van der Waals surface area contributed by atoms with E-state index in [0.29, 0.717) is 0 Å². The number of ether oxygens (including phenoxy) is 1. The fourth-order valence-corrected chi connectivity index (χ4v) is 2.00. The normalized spacial score (nSPS) is 10.3. The van der Waals surface area contributed by atoms with Crippen LogP contribution < -0.4 is 10.1 Å². The van der Waals surface area contributed by atoms with Crippen molar-refractivity contribution in [1.29, 1.82) is 0 Å². The Bertz CT molecular complexity index is 312. The summed E-state index contributed by atoms with van der Waals surface area (Å²) in [6, 6.07) is 4.20. The van der Waals surface area contributed by atoms with E-state index in [-0.39, 0.29) is 0 Å². The third-order valence-corrected chi connectivity index (χ3v) is 2.87. The van der Waals surface area contributed by atoms with Crippen molar-refractivity contribution in [3.63, 3.8) is 0 Å². The van der Waals surface area contributed by atoms with Crippen molar-refractivity contribution in [2.45, 2.75) is 13.3 Å². The number of nitrogens with one attached hydrogen (secondary N) is 1. The maximum Gasteiger partial charge on any atom is 0.133 e. The molecule has 0 aromatic heterocycles. The zero-order valence-corrected chi connectivity index (χ0v) is 10.4. The van der Waals surface area contributed by atoms with Gasteiger partial charge in [0, 0.05) is 0 Å². The van der Waals surface area contributed by atoms with Crippen LogP contribution in [0.25, 0.3) is 0 Å². The molecule has 0 bridgehead atoms. The Hall–Kier alpha value is -0.540. The molecule has 3 heteroatoms. The molecule has 0 aliphatic heterocycles. The van der Waals surface area contributed by atoms with E-state index in [1.807, 2.05) is 7.05 Å². The van der Waals surface area contributed by atoms with Crippen LogP contribution >= 0.6 is 15.9 Å². The lowest BCUT2D eigenvalue weighted by Gasteiger charge is -2.10. The number of halogens is 1. The summed E-state index contributed by atoms with van der Waals surface area (Å²) in [5.74, 6) is 0.904. The molecule has 0 atom stereocenters. The van der Waals surface area contributed by atoms with Crippen molar-refractivity contribution in [2.75, 3.05) is 20.7 Å². The van der Waals surface area contributed by atoms with Crippen LogP contribution in [-0.2, 0) is 6.42 Å². The highest BCUT2D eigenvalue weighted by atomic mass is 79.9. The molecule has 0 saturated carbocycles. The monoisotopic (exact) mass is 257 g/mol. The molecule has 78 valence electrons. The first-order valence-electron chi connectivity index (χ1n) is 4.66. The lowest BCUT2D eigenvalue weighted by molar-refractivity contribution is 0.411. The van der Waals surface area contributed by atoms with Gasteiger partial charge >= 0.3 is 0 Å². The second-order valence-electron chi connectivity index (χ2n) is 3.27. The molecule has 0 unspecified atom stereocenters. The molecule has 0 radical (unpaired) electrons. The molecule has 1 aromatic carbocycles. The number of hydrogen-bond donors (Lipinski definition) is 1. The van der Waals surface area contributed by atoms with E-state index in [1.165, 1.54) is 11.1 Å². The van der Waals surface area contributed by atoms with E-state index in [0.717, 1.165) is 23.2 Å². The van der Waals surface area contributed by atoms with Gasteiger partial charge in [-0.1, -0.05) is 0 Å². The Balaban J connectivity index is 2.92. The summed E-state index contributed by atoms with van der Waals surface area (Å²) >= 11 is 3.47.